The van der Waals surface area contributed by atoms with Crippen LogP contribution in [0.1, 0.15) is 0 Å². The molecule has 0 aliphatic heterocycles. The van der Waals surface area contributed by atoms with Crippen LogP contribution in [0.25, 0.3) is 10.9 Å². The molecule has 0 amide bonds. The fourth-order valence-electron chi connectivity index (χ4n) is 1.25. The molecule has 0 unspecified atom stereocenters. The molecule has 0 aliphatic rings. The normalized spacial score (nSPS) is 10.0. The van der Waals surface area contributed by atoms with Gasteiger partial charge in [0.05, 0.1) is 11.2 Å². The van der Waals surface area contributed by atoms with Crippen molar-refractivity contribution in [2.75, 3.05) is 5.32 Å². The molecule has 0 radical (unpaired) electrons. The summed E-state index contributed by atoms with van der Waals surface area (Å²) in [5, 5.41) is 4.15. The highest BCUT2D eigenvalue weighted by molar-refractivity contribution is 7.79. The van der Waals surface area contributed by atoms with Crippen molar-refractivity contribution in [3.63, 3.8) is 0 Å². The van der Waals surface area contributed by atoms with Crippen LogP contribution in [0.15, 0.2) is 30.5 Å². The number of nitrogens with one attached hydrogen (secondary N) is 2. The minimum atomic E-state index is 1.03. The summed E-state index contributed by atoms with van der Waals surface area (Å²) in [6.45, 7) is 0. The summed E-state index contributed by atoms with van der Waals surface area (Å²) in [6.07, 6.45) is 1.91. The lowest BCUT2D eigenvalue weighted by molar-refractivity contribution is 1.48. The van der Waals surface area contributed by atoms with Crippen LogP contribution < -0.4 is 5.32 Å². The zero-order valence-electron chi connectivity index (χ0n) is 6.37. The Labute approximate surface area is 75.6 Å². The maximum atomic E-state index is 4.71. The molecular formula is C9H8N2S. The molecule has 0 saturated heterocycles. The Hall–Kier alpha value is -1.35. The van der Waals surface area contributed by atoms with E-state index in [4.69, 9.17) is 12.2 Å². The van der Waals surface area contributed by atoms with Gasteiger partial charge in [0.1, 0.15) is 0 Å². The molecule has 1 heterocycles. The average Bonchev–Trinajstić information content (AvgIpc) is 2.50. The molecule has 2 rings (SSSR count). The van der Waals surface area contributed by atoms with Crippen LogP contribution in [0.2, 0.25) is 0 Å². The van der Waals surface area contributed by atoms with Crippen LogP contribution in [0.3, 0.4) is 0 Å². The summed E-state index contributed by atoms with van der Waals surface area (Å²) in [5.41, 5.74) is 3.66. The van der Waals surface area contributed by atoms with Crippen molar-refractivity contribution in [2.45, 2.75) is 0 Å². The maximum Gasteiger partial charge on any atom is 0.0659 e. The first-order valence-electron chi connectivity index (χ1n) is 3.68. The van der Waals surface area contributed by atoms with Gasteiger partial charge in [0.2, 0.25) is 0 Å². The number of anilines is 1. The molecule has 60 valence electrons. The molecular weight excluding hydrogens is 168 g/mol. The van der Waals surface area contributed by atoms with E-state index in [9.17, 15) is 0 Å². The number of fused-ring (bicyclic) bond motifs is 1. The number of thiocarbonyl (C=S) groups is 1. The van der Waals surface area contributed by atoms with Crippen molar-refractivity contribution < 1.29 is 0 Å². The van der Waals surface area contributed by atoms with Gasteiger partial charge in [-0.05, 0) is 6.07 Å². The van der Waals surface area contributed by atoms with Crippen LogP contribution >= 0.6 is 12.2 Å². The van der Waals surface area contributed by atoms with Crippen LogP contribution in [0.4, 0.5) is 5.69 Å². The molecule has 0 atom stereocenters. The van der Waals surface area contributed by atoms with Gasteiger partial charge in [-0.25, -0.2) is 0 Å². The number of benzene rings is 1. The van der Waals surface area contributed by atoms with Crippen molar-refractivity contribution in [3.8, 4) is 0 Å². The lowest BCUT2D eigenvalue weighted by Crippen LogP contribution is -1.88. The Kier molecular flexibility index (Phi) is 1.80. The van der Waals surface area contributed by atoms with Gasteiger partial charge < -0.3 is 10.3 Å². The first-order chi connectivity index (χ1) is 5.92. The summed E-state index contributed by atoms with van der Waals surface area (Å²) in [5.74, 6) is 0. The number of aromatic nitrogens is 1. The molecule has 12 heavy (non-hydrogen) atoms. The number of aromatic amines is 1. The largest absolute Gasteiger partial charge is 0.359 e. The monoisotopic (exact) mass is 176 g/mol. The lowest BCUT2D eigenvalue weighted by atomic mass is 10.2. The Bertz CT molecular complexity index is 406. The third-order valence-electron chi connectivity index (χ3n) is 1.80. The zero-order chi connectivity index (χ0) is 8.39. The molecule has 1 aromatic carbocycles. The van der Waals surface area contributed by atoms with Crippen LogP contribution in [0.5, 0.6) is 0 Å². The van der Waals surface area contributed by atoms with Crippen molar-refractivity contribution in [1.82, 2.24) is 4.98 Å². The molecule has 0 spiro atoms. The smallest absolute Gasteiger partial charge is 0.0659 e. The van der Waals surface area contributed by atoms with E-state index in [1.54, 1.807) is 0 Å². The quantitative estimate of drug-likeness (QED) is 0.688. The van der Waals surface area contributed by atoms with Crippen molar-refractivity contribution in [2.24, 2.45) is 0 Å². The average molecular weight is 176 g/mol. The van der Waals surface area contributed by atoms with Gasteiger partial charge in [0.25, 0.3) is 0 Å². The number of hydrogen-bond acceptors (Lipinski definition) is 1. The summed E-state index contributed by atoms with van der Waals surface area (Å²) in [6, 6.07) is 8.08. The van der Waals surface area contributed by atoms with Crippen LogP contribution in [-0.4, -0.2) is 10.5 Å². The van der Waals surface area contributed by atoms with E-state index >= 15 is 0 Å². The second-order valence-electron chi connectivity index (χ2n) is 2.51. The summed E-state index contributed by atoms with van der Waals surface area (Å²) in [4.78, 5) is 3.14. The van der Waals surface area contributed by atoms with E-state index in [0.717, 1.165) is 11.2 Å². The minimum Gasteiger partial charge on any atom is -0.359 e. The fraction of sp³-hybridized carbons (Fsp3) is 0. The number of H-pyrrole nitrogens is 1. The van der Waals surface area contributed by atoms with E-state index in [2.05, 4.69) is 10.3 Å². The third-order valence-corrected chi connectivity index (χ3v) is 1.92. The van der Waals surface area contributed by atoms with Gasteiger partial charge in [0, 0.05) is 17.1 Å². The topological polar surface area (TPSA) is 27.8 Å². The lowest BCUT2D eigenvalue weighted by Gasteiger charge is -1.94. The summed E-state index contributed by atoms with van der Waals surface area (Å²) >= 11 is 4.71. The Balaban J connectivity index is 2.62. The van der Waals surface area contributed by atoms with Crippen molar-refractivity contribution >= 4 is 34.3 Å². The minimum absolute atomic E-state index is 1.03. The number of rotatable bonds is 2. The van der Waals surface area contributed by atoms with Crippen LogP contribution in [-0.2, 0) is 0 Å². The highest BCUT2D eigenvalue weighted by atomic mass is 32.1. The van der Waals surface area contributed by atoms with E-state index in [0.29, 0.717) is 0 Å². The second-order valence-corrected chi connectivity index (χ2v) is 2.75. The second kappa shape index (κ2) is 2.95. The first kappa shape index (κ1) is 7.31. The Morgan fingerprint density at radius 1 is 1.33 bits per heavy atom. The molecule has 2 aromatic rings. The number of hydrogen-bond donors (Lipinski definition) is 2. The highest BCUT2D eigenvalue weighted by Crippen LogP contribution is 2.21. The number of para-hydroxylation sites is 1. The van der Waals surface area contributed by atoms with Gasteiger partial charge in [-0.3, -0.25) is 0 Å². The summed E-state index contributed by atoms with van der Waals surface area (Å²) < 4.78 is 0. The van der Waals surface area contributed by atoms with Gasteiger partial charge in [-0.1, -0.05) is 30.4 Å². The molecule has 2 N–H and O–H groups in total. The van der Waals surface area contributed by atoms with Crippen molar-refractivity contribution in [3.05, 3.63) is 30.5 Å². The zero-order valence-corrected chi connectivity index (χ0v) is 7.19. The molecule has 2 nitrogen and oxygen atoms in total. The molecule has 0 fully saturated rings. The predicted molar refractivity (Wildman–Crippen MR) is 55.6 cm³/mol. The Morgan fingerprint density at radius 3 is 3.00 bits per heavy atom. The van der Waals surface area contributed by atoms with E-state index in [1.165, 1.54) is 10.9 Å². The van der Waals surface area contributed by atoms with Gasteiger partial charge in [0.15, 0.2) is 0 Å². The SMILES string of the molecule is S=CNc1c[nH]c2ccccc12. The van der Waals surface area contributed by atoms with E-state index < -0.39 is 0 Å². The molecule has 1 aromatic heterocycles. The standard InChI is InChI=1S/C9H8N2S/c12-6-11-9-5-10-8-4-2-1-3-7(8)9/h1-6,10H,(H,11,12). The summed E-state index contributed by atoms with van der Waals surface area (Å²) in [7, 11) is 0. The van der Waals surface area contributed by atoms with E-state index in [-0.39, 0.29) is 0 Å². The predicted octanol–water partition coefficient (Wildman–Crippen LogP) is 2.54. The van der Waals surface area contributed by atoms with E-state index in [1.807, 2.05) is 30.5 Å². The van der Waals surface area contributed by atoms with Crippen molar-refractivity contribution in [1.29, 1.82) is 0 Å². The highest BCUT2D eigenvalue weighted by Gasteiger charge is 1.98. The van der Waals surface area contributed by atoms with Crippen LogP contribution in [0, 0.1) is 0 Å². The molecule has 0 aliphatic carbocycles. The van der Waals surface area contributed by atoms with Gasteiger partial charge in [-0.15, -0.1) is 0 Å². The molecule has 0 bridgehead atoms. The van der Waals surface area contributed by atoms with Gasteiger partial charge >= 0.3 is 0 Å². The molecule has 3 heteroatoms. The fourth-order valence-corrected chi connectivity index (χ4v) is 1.38. The Morgan fingerprint density at radius 2 is 2.17 bits per heavy atom. The third kappa shape index (κ3) is 1.08. The van der Waals surface area contributed by atoms with Gasteiger partial charge in [-0.2, -0.15) is 0 Å². The maximum absolute atomic E-state index is 4.71. The first-order valence-corrected chi connectivity index (χ1v) is 4.15. The molecule has 0 saturated carbocycles.